The summed E-state index contributed by atoms with van der Waals surface area (Å²) in [4.78, 5) is 24.6. The molecule has 0 radical (unpaired) electrons. The maximum Gasteiger partial charge on any atom is 0.375 e. The molecule has 23 heavy (non-hydrogen) atoms. The van der Waals surface area contributed by atoms with Gasteiger partial charge in [-0.1, -0.05) is 23.5 Å². The van der Waals surface area contributed by atoms with Gasteiger partial charge in [-0.25, -0.2) is 9.59 Å². The Kier molecular flexibility index (Phi) is 8.21. The van der Waals surface area contributed by atoms with E-state index in [9.17, 15) is 9.59 Å². The van der Waals surface area contributed by atoms with Gasteiger partial charge in [-0.05, 0) is 6.42 Å². The third-order valence-electron chi connectivity index (χ3n) is 2.51. The van der Waals surface area contributed by atoms with E-state index in [1.807, 2.05) is 9.39 Å². The molecule has 0 fully saturated rings. The molecule has 0 N–H and O–H groups in total. The second kappa shape index (κ2) is 9.90. The van der Waals surface area contributed by atoms with Crippen LogP contribution in [0.15, 0.2) is 17.8 Å². The molecule has 0 amide bonds. The number of ether oxygens (including phenoxy) is 2. The number of rotatable bonds is 8. The normalized spacial score (nSPS) is 10.5. The van der Waals surface area contributed by atoms with Gasteiger partial charge in [0.2, 0.25) is 17.8 Å². The Labute approximate surface area is 158 Å². The van der Waals surface area contributed by atoms with Crippen molar-refractivity contribution in [3.63, 3.8) is 0 Å². The first-order valence-corrected chi connectivity index (χ1v) is 11.9. The maximum atomic E-state index is 11.6. The molecular formula is C13H14O4S6+2. The van der Waals surface area contributed by atoms with Gasteiger partial charge in [0, 0.05) is 11.5 Å². The standard InChI is InChI=1S/C13H14O4S6/c1-16-10(14)8-12(22-6-20-8)18-4-3-5-19-13-9(11(15)17-2)21-7-23-13/h6-7H,3-5H2,1-2H3/q+2. The molecule has 0 atom stereocenters. The van der Waals surface area contributed by atoms with E-state index < -0.39 is 0 Å². The van der Waals surface area contributed by atoms with Crippen LogP contribution in [-0.4, -0.2) is 37.7 Å². The molecule has 124 valence electrons. The lowest BCUT2D eigenvalue weighted by Crippen LogP contribution is -1.99. The van der Waals surface area contributed by atoms with E-state index in [4.69, 9.17) is 9.47 Å². The minimum absolute atomic E-state index is 0.268. The molecular weight excluding hydrogens is 413 g/mol. The van der Waals surface area contributed by atoms with Crippen LogP contribution >= 0.6 is 68.9 Å². The molecule has 2 aromatic rings. The average Bonchev–Trinajstić information content (AvgIpc) is 3.22. The Morgan fingerprint density at radius 2 is 1.39 bits per heavy atom. The zero-order valence-electron chi connectivity index (χ0n) is 12.4. The van der Waals surface area contributed by atoms with Crippen molar-refractivity contribution in [3.8, 4) is 0 Å². The third kappa shape index (κ3) is 5.36. The van der Waals surface area contributed by atoms with E-state index >= 15 is 0 Å². The van der Waals surface area contributed by atoms with E-state index in [0.717, 1.165) is 26.3 Å². The number of esters is 2. The van der Waals surface area contributed by atoms with E-state index in [-0.39, 0.29) is 11.9 Å². The summed E-state index contributed by atoms with van der Waals surface area (Å²) in [5.74, 6) is 1.31. The number of methoxy groups -OCH3 is 2. The highest BCUT2D eigenvalue weighted by Crippen LogP contribution is 2.35. The Balaban J connectivity index is 1.77. The van der Waals surface area contributed by atoms with Crippen molar-refractivity contribution in [1.29, 1.82) is 0 Å². The number of carbonyl (C=O) groups excluding carboxylic acids is 2. The molecule has 4 nitrogen and oxygen atoms in total. The highest BCUT2D eigenvalue weighted by Gasteiger charge is 2.25. The molecule has 10 heteroatoms. The molecule has 2 aromatic heterocycles. The molecule has 0 spiro atoms. The molecule has 0 bridgehead atoms. The zero-order valence-corrected chi connectivity index (χ0v) is 17.3. The Morgan fingerprint density at radius 3 is 1.78 bits per heavy atom. The van der Waals surface area contributed by atoms with Gasteiger partial charge < -0.3 is 9.47 Å². The summed E-state index contributed by atoms with van der Waals surface area (Å²) < 4.78 is 15.5. The van der Waals surface area contributed by atoms with Gasteiger partial charge in [0.25, 0.3) is 9.75 Å². The predicted molar refractivity (Wildman–Crippen MR) is 102 cm³/mol. The van der Waals surface area contributed by atoms with Crippen LogP contribution in [0.25, 0.3) is 0 Å². The first-order chi connectivity index (χ1) is 11.2. The monoisotopic (exact) mass is 426 g/mol. The quantitative estimate of drug-likeness (QED) is 0.246. The largest absolute Gasteiger partial charge is 0.463 e. The van der Waals surface area contributed by atoms with Gasteiger partial charge in [0.15, 0.2) is 0 Å². The Bertz CT molecular complexity index is 609. The number of carbonyl (C=O) groups is 2. The minimum Gasteiger partial charge on any atom is -0.463 e. The van der Waals surface area contributed by atoms with Crippen molar-refractivity contribution in [2.24, 2.45) is 0 Å². The van der Waals surface area contributed by atoms with Crippen molar-refractivity contribution < 1.29 is 19.1 Å². The van der Waals surface area contributed by atoms with E-state index in [1.54, 1.807) is 46.2 Å². The van der Waals surface area contributed by atoms with Crippen LogP contribution in [0.1, 0.15) is 25.8 Å². The highest BCUT2D eigenvalue weighted by atomic mass is 32.2. The summed E-state index contributed by atoms with van der Waals surface area (Å²) in [5, 5.41) is 0. The maximum absolute atomic E-state index is 11.6. The van der Waals surface area contributed by atoms with Crippen LogP contribution in [0.2, 0.25) is 0 Å². The average molecular weight is 427 g/mol. The van der Waals surface area contributed by atoms with Crippen LogP contribution in [-0.2, 0) is 9.47 Å². The van der Waals surface area contributed by atoms with Crippen LogP contribution in [0.4, 0.5) is 0 Å². The minimum atomic E-state index is -0.268. The molecule has 0 aliphatic carbocycles. The van der Waals surface area contributed by atoms with Gasteiger partial charge in [-0.15, -0.1) is 0 Å². The summed E-state index contributed by atoms with van der Waals surface area (Å²) in [5.41, 5.74) is 0. The summed E-state index contributed by atoms with van der Waals surface area (Å²) >= 11 is 9.35. The number of hydrogen-bond donors (Lipinski definition) is 0. The van der Waals surface area contributed by atoms with Crippen LogP contribution < -0.4 is 0 Å². The smallest absolute Gasteiger partial charge is 0.375 e. The fourth-order valence-corrected chi connectivity index (χ4v) is 8.79. The summed E-state index contributed by atoms with van der Waals surface area (Å²) in [6.07, 6.45) is 0.988. The first-order valence-electron chi connectivity index (χ1n) is 6.38. The first kappa shape index (κ1) is 19.1. The van der Waals surface area contributed by atoms with Gasteiger partial charge in [-0.2, -0.15) is 0 Å². The zero-order chi connectivity index (χ0) is 16.7. The second-order valence-corrected chi connectivity index (χ2v) is 10.8. The van der Waals surface area contributed by atoms with E-state index in [2.05, 4.69) is 0 Å². The number of thioether (sulfide) groups is 2. The summed E-state index contributed by atoms with van der Waals surface area (Å²) in [6.45, 7) is 0. The molecule has 0 unspecified atom stereocenters. The second-order valence-electron chi connectivity index (χ2n) is 3.93. The summed E-state index contributed by atoms with van der Waals surface area (Å²) in [6, 6.07) is 0. The summed E-state index contributed by atoms with van der Waals surface area (Å²) in [7, 11) is 2.80. The highest BCUT2D eigenvalue weighted by molar-refractivity contribution is 8.02. The SMILES string of the molecule is COC(=O)c1sc[s+]c1SCCCSc1[s+]csc1C(=O)OC. The lowest BCUT2D eigenvalue weighted by Gasteiger charge is -1.98. The lowest BCUT2D eigenvalue weighted by atomic mass is 10.6. The van der Waals surface area contributed by atoms with Crippen molar-refractivity contribution in [3.05, 3.63) is 19.1 Å². The molecule has 2 heterocycles. The van der Waals surface area contributed by atoms with E-state index in [0.29, 0.717) is 9.75 Å². The third-order valence-corrected chi connectivity index (χ3v) is 9.82. The van der Waals surface area contributed by atoms with Gasteiger partial charge in [0.1, 0.15) is 0 Å². The van der Waals surface area contributed by atoms with Crippen LogP contribution in [0.5, 0.6) is 0 Å². The molecule has 0 aliphatic rings. The van der Waals surface area contributed by atoms with Crippen molar-refractivity contribution in [2.45, 2.75) is 14.8 Å². The Morgan fingerprint density at radius 1 is 0.957 bits per heavy atom. The van der Waals surface area contributed by atoms with Crippen LogP contribution in [0.3, 0.4) is 0 Å². The van der Waals surface area contributed by atoms with Crippen molar-refractivity contribution >= 4 is 80.8 Å². The molecule has 0 aromatic carbocycles. The van der Waals surface area contributed by atoms with Gasteiger partial charge in [0.05, 0.1) is 59.6 Å². The predicted octanol–water partition coefficient (Wildman–Crippen LogP) is 5.34. The fraction of sp³-hybridized carbons (Fsp3) is 0.385. The molecule has 0 saturated heterocycles. The number of hydrogen-bond acceptors (Lipinski definition) is 8. The van der Waals surface area contributed by atoms with Crippen LogP contribution in [0, 0.1) is 0 Å². The van der Waals surface area contributed by atoms with Crippen molar-refractivity contribution in [1.82, 2.24) is 0 Å². The van der Waals surface area contributed by atoms with Crippen molar-refractivity contribution in [2.75, 3.05) is 25.7 Å². The molecule has 0 saturated carbocycles. The van der Waals surface area contributed by atoms with Gasteiger partial charge >= 0.3 is 11.9 Å². The Hall–Kier alpha value is -0.260. The van der Waals surface area contributed by atoms with E-state index in [1.165, 1.54) is 36.9 Å². The lowest BCUT2D eigenvalue weighted by molar-refractivity contribution is 0.0594. The molecule has 2 rings (SSSR count). The fourth-order valence-electron chi connectivity index (χ4n) is 1.47. The topological polar surface area (TPSA) is 52.6 Å². The van der Waals surface area contributed by atoms with Gasteiger partial charge in [-0.3, -0.25) is 0 Å². The molecule has 0 aliphatic heterocycles.